The Kier molecular flexibility index (Phi) is 7.97. The summed E-state index contributed by atoms with van der Waals surface area (Å²) in [5, 5.41) is 0. The molecule has 0 N–H and O–H groups in total. The Balaban J connectivity index is 2.93. The first-order valence-electron chi connectivity index (χ1n) is 7.74. The molecule has 0 aromatic heterocycles. The zero-order chi connectivity index (χ0) is 16.4. The summed E-state index contributed by atoms with van der Waals surface area (Å²) in [5.41, 5.74) is 1.23. The minimum absolute atomic E-state index is 0.231. The molecule has 1 aromatic rings. The fourth-order valence-electron chi connectivity index (χ4n) is 1.81. The normalized spacial score (nSPS) is 10.1. The van der Waals surface area contributed by atoms with Gasteiger partial charge in [0.1, 0.15) is 0 Å². The summed E-state index contributed by atoms with van der Waals surface area (Å²) >= 11 is 0. The van der Waals surface area contributed by atoms with Crippen LogP contribution in [-0.4, -0.2) is 25.2 Å². The van der Waals surface area contributed by atoms with Gasteiger partial charge in [-0.15, -0.1) is 0 Å². The summed E-state index contributed by atoms with van der Waals surface area (Å²) in [7, 11) is 0. The second-order valence-electron chi connectivity index (χ2n) is 4.99. The fraction of sp³-hybridized carbons (Fsp3) is 0.444. The molecule has 0 amide bonds. The first kappa shape index (κ1) is 18.0. The van der Waals surface area contributed by atoms with Gasteiger partial charge >= 0.3 is 11.9 Å². The van der Waals surface area contributed by atoms with Crippen molar-refractivity contribution in [2.75, 3.05) is 13.2 Å². The number of carbonyl (C=O) groups is 2. The number of esters is 2. The molecular formula is C18H24O4. The molecule has 0 spiro atoms. The second-order valence-corrected chi connectivity index (χ2v) is 4.99. The summed E-state index contributed by atoms with van der Waals surface area (Å²) in [6.45, 7) is 8.40. The van der Waals surface area contributed by atoms with Crippen LogP contribution in [0, 0.1) is 0 Å². The third-order valence-corrected chi connectivity index (χ3v) is 3.18. The number of carbonyl (C=O) groups excluding carboxylic acids is 2. The van der Waals surface area contributed by atoms with Crippen molar-refractivity contribution in [3.05, 3.63) is 41.5 Å². The van der Waals surface area contributed by atoms with Gasteiger partial charge in [0.25, 0.3) is 0 Å². The van der Waals surface area contributed by atoms with Gasteiger partial charge in [0.05, 0.1) is 24.3 Å². The quantitative estimate of drug-likeness (QED) is 0.505. The van der Waals surface area contributed by atoms with Gasteiger partial charge in [-0.3, -0.25) is 0 Å². The molecule has 0 aliphatic rings. The van der Waals surface area contributed by atoms with E-state index in [2.05, 4.69) is 6.58 Å². The Morgan fingerprint density at radius 2 is 1.55 bits per heavy atom. The highest BCUT2D eigenvalue weighted by Gasteiger charge is 2.19. The van der Waals surface area contributed by atoms with Crippen LogP contribution in [0.2, 0.25) is 0 Å². The topological polar surface area (TPSA) is 52.6 Å². The zero-order valence-corrected chi connectivity index (χ0v) is 13.4. The van der Waals surface area contributed by atoms with Crippen molar-refractivity contribution in [1.82, 2.24) is 0 Å². The number of hydrogen-bond acceptors (Lipinski definition) is 4. The van der Waals surface area contributed by atoms with E-state index in [9.17, 15) is 9.59 Å². The van der Waals surface area contributed by atoms with Gasteiger partial charge in [-0.05, 0) is 30.5 Å². The molecule has 0 radical (unpaired) electrons. The molecule has 4 heteroatoms. The third kappa shape index (κ3) is 5.35. The average molecular weight is 304 g/mol. The molecule has 1 aromatic carbocycles. The first-order chi connectivity index (χ1) is 10.6. The van der Waals surface area contributed by atoms with Crippen molar-refractivity contribution < 1.29 is 19.1 Å². The Hall–Kier alpha value is -2.10. The summed E-state index contributed by atoms with van der Waals surface area (Å²) in [5.74, 6) is -0.994. The van der Waals surface area contributed by atoms with Gasteiger partial charge < -0.3 is 9.47 Å². The van der Waals surface area contributed by atoms with Gasteiger partial charge in [-0.25, -0.2) is 9.59 Å². The molecule has 0 saturated heterocycles. The smallest absolute Gasteiger partial charge is 0.339 e. The van der Waals surface area contributed by atoms with E-state index in [4.69, 9.17) is 9.47 Å². The highest BCUT2D eigenvalue weighted by molar-refractivity contribution is 6.03. The number of rotatable bonds is 9. The van der Waals surface area contributed by atoms with Crippen LogP contribution in [0.15, 0.2) is 24.8 Å². The lowest BCUT2D eigenvalue weighted by Crippen LogP contribution is -2.15. The lowest BCUT2D eigenvalue weighted by molar-refractivity contribution is 0.0452. The zero-order valence-electron chi connectivity index (χ0n) is 13.4. The van der Waals surface area contributed by atoms with E-state index in [0.717, 1.165) is 31.2 Å². The lowest BCUT2D eigenvalue weighted by Gasteiger charge is -2.10. The Labute approximate surface area is 132 Å². The largest absolute Gasteiger partial charge is 0.462 e. The Bertz CT molecular complexity index is 520. The van der Waals surface area contributed by atoms with Crippen LogP contribution in [0.25, 0.3) is 6.08 Å². The third-order valence-electron chi connectivity index (χ3n) is 3.18. The summed E-state index contributed by atoms with van der Waals surface area (Å²) < 4.78 is 10.4. The minimum Gasteiger partial charge on any atom is -0.462 e. The minimum atomic E-state index is -0.500. The SMILES string of the molecule is C=Cc1ccc(C(=O)OCCCC)c(C(=O)OCCCC)c1. The van der Waals surface area contributed by atoms with Crippen molar-refractivity contribution >= 4 is 18.0 Å². The number of unbranched alkanes of at least 4 members (excludes halogenated alkanes) is 2. The molecule has 0 saturated carbocycles. The molecule has 0 aliphatic carbocycles. The van der Waals surface area contributed by atoms with E-state index in [1.54, 1.807) is 24.3 Å². The highest BCUT2D eigenvalue weighted by atomic mass is 16.5. The van der Waals surface area contributed by atoms with Crippen molar-refractivity contribution in [3.63, 3.8) is 0 Å². The molecule has 0 fully saturated rings. The second kappa shape index (κ2) is 9.77. The van der Waals surface area contributed by atoms with Crippen LogP contribution in [0.3, 0.4) is 0 Å². The molecule has 0 heterocycles. The fourth-order valence-corrected chi connectivity index (χ4v) is 1.81. The molecule has 0 aliphatic heterocycles. The molecule has 120 valence electrons. The number of benzene rings is 1. The average Bonchev–Trinajstić information content (AvgIpc) is 2.54. The maximum Gasteiger partial charge on any atom is 0.339 e. The Morgan fingerprint density at radius 1 is 1.00 bits per heavy atom. The predicted octanol–water partition coefficient (Wildman–Crippen LogP) is 4.24. The van der Waals surface area contributed by atoms with Crippen molar-refractivity contribution in [2.24, 2.45) is 0 Å². The van der Waals surface area contributed by atoms with E-state index in [-0.39, 0.29) is 11.1 Å². The van der Waals surface area contributed by atoms with E-state index in [1.165, 1.54) is 0 Å². The van der Waals surface area contributed by atoms with E-state index in [1.807, 2.05) is 13.8 Å². The number of hydrogen-bond donors (Lipinski definition) is 0. The molecular weight excluding hydrogens is 280 g/mol. The monoisotopic (exact) mass is 304 g/mol. The standard InChI is InChI=1S/C18H24O4/c1-4-7-11-21-17(19)15-10-9-14(6-3)13-16(15)18(20)22-12-8-5-2/h6,9-10,13H,3-5,7-8,11-12H2,1-2H3. The van der Waals surface area contributed by atoms with Gasteiger partial charge in [-0.1, -0.05) is 45.4 Å². The van der Waals surface area contributed by atoms with E-state index >= 15 is 0 Å². The number of ether oxygens (including phenoxy) is 2. The summed E-state index contributed by atoms with van der Waals surface area (Å²) in [6, 6.07) is 4.92. The van der Waals surface area contributed by atoms with Gasteiger partial charge in [0.15, 0.2) is 0 Å². The first-order valence-corrected chi connectivity index (χ1v) is 7.74. The van der Waals surface area contributed by atoms with Crippen molar-refractivity contribution in [3.8, 4) is 0 Å². The van der Waals surface area contributed by atoms with E-state index < -0.39 is 11.9 Å². The Morgan fingerprint density at radius 3 is 2.05 bits per heavy atom. The van der Waals surface area contributed by atoms with Gasteiger partial charge in [0, 0.05) is 0 Å². The summed E-state index contributed by atoms with van der Waals surface area (Å²) in [4.78, 5) is 24.3. The van der Waals surface area contributed by atoms with Gasteiger partial charge in [0.2, 0.25) is 0 Å². The molecule has 0 bridgehead atoms. The predicted molar refractivity (Wildman–Crippen MR) is 86.9 cm³/mol. The van der Waals surface area contributed by atoms with Crippen molar-refractivity contribution in [1.29, 1.82) is 0 Å². The van der Waals surface area contributed by atoms with Crippen LogP contribution >= 0.6 is 0 Å². The van der Waals surface area contributed by atoms with Crippen LogP contribution < -0.4 is 0 Å². The lowest BCUT2D eigenvalue weighted by atomic mass is 10.0. The summed E-state index contributed by atoms with van der Waals surface area (Å²) in [6.07, 6.45) is 5.09. The molecule has 1 rings (SSSR count). The van der Waals surface area contributed by atoms with Gasteiger partial charge in [-0.2, -0.15) is 0 Å². The van der Waals surface area contributed by atoms with Crippen LogP contribution in [-0.2, 0) is 9.47 Å². The van der Waals surface area contributed by atoms with Crippen LogP contribution in [0.4, 0.5) is 0 Å². The maximum absolute atomic E-state index is 12.2. The molecule has 22 heavy (non-hydrogen) atoms. The van der Waals surface area contributed by atoms with E-state index in [0.29, 0.717) is 13.2 Å². The molecule has 4 nitrogen and oxygen atoms in total. The molecule has 0 unspecified atom stereocenters. The maximum atomic E-state index is 12.2. The van der Waals surface area contributed by atoms with Crippen LogP contribution in [0.5, 0.6) is 0 Å². The highest BCUT2D eigenvalue weighted by Crippen LogP contribution is 2.16. The van der Waals surface area contributed by atoms with Crippen molar-refractivity contribution in [2.45, 2.75) is 39.5 Å². The molecule has 0 atom stereocenters. The van der Waals surface area contributed by atoms with Crippen LogP contribution in [0.1, 0.15) is 65.8 Å².